The van der Waals surface area contributed by atoms with Crippen molar-refractivity contribution in [3.63, 3.8) is 0 Å². The number of fused-ring (bicyclic) bond motifs is 1. The van der Waals surface area contributed by atoms with Gasteiger partial charge >= 0.3 is 12.4 Å². The van der Waals surface area contributed by atoms with Crippen LogP contribution in [0.1, 0.15) is 40.5 Å². The highest BCUT2D eigenvalue weighted by molar-refractivity contribution is 6.04. The second-order valence-corrected chi connectivity index (χ2v) is 9.83. The molecule has 1 aliphatic rings. The van der Waals surface area contributed by atoms with Crippen molar-refractivity contribution in [1.29, 1.82) is 0 Å². The number of piperazine rings is 1. The number of amides is 2. The van der Waals surface area contributed by atoms with Gasteiger partial charge in [0.2, 0.25) is 5.91 Å². The van der Waals surface area contributed by atoms with Gasteiger partial charge in [0.1, 0.15) is 6.33 Å². The molecule has 4 heterocycles. The van der Waals surface area contributed by atoms with Crippen LogP contribution in [0.15, 0.2) is 30.9 Å². The van der Waals surface area contributed by atoms with Crippen LogP contribution >= 0.6 is 0 Å². The molecule has 40 heavy (non-hydrogen) atoms. The summed E-state index contributed by atoms with van der Waals surface area (Å²) < 4.78 is 79.3. The second kappa shape index (κ2) is 11.0. The van der Waals surface area contributed by atoms with E-state index >= 15 is 0 Å². The molecule has 1 atom stereocenters. The van der Waals surface area contributed by atoms with Crippen LogP contribution in [0.4, 0.5) is 32.0 Å². The number of nitrogens with zero attached hydrogens (tertiary/aromatic N) is 6. The molecule has 3 aromatic heterocycles. The van der Waals surface area contributed by atoms with Crippen LogP contribution in [-0.4, -0.2) is 79.2 Å². The Balaban J connectivity index is 1.49. The summed E-state index contributed by atoms with van der Waals surface area (Å²) in [5, 5.41) is 7.03. The molecule has 0 radical (unpaired) electrons. The summed E-state index contributed by atoms with van der Waals surface area (Å²) in [5.41, 5.74) is 3.55. The predicted molar refractivity (Wildman–Crippen MR) is 131 cm³/mol. The van der Waals surface area contributed by atoms with Gasteiger partial charge in [-0.3, -0.25) is 19.5 Å². The molecule has 4 rings (SSSR count). The predicted octanol–water partition coefficient (Wildman–Crippen LogP) is 4.16. The number of aryl methyl sites for hydroxylation is 1. The Labute approximate surface area is 225 Å². The number of carbonyl (C=O) groups is 2. The third-order valence-corrected chi connectivity index (χ3v) is 6.96. The van der Waals surface area contributed by atoms with Crippen LogP contribution in [0.2, 0.25) is 0 Å². The molecule has 1 saturated heterocycles. The first kappa shape index (κ1) is 29.2. The summed E-state index contributed by atoms with van der Waals surface area (Å²) in [5.74, 6) is -5.29. The van der Waals surface area contributed by atoms with Gasteiger partial charge in [-0.2, -0.15) is 31.4 Å². The summed E-state index contributed by atoms with van der Waals surface area (Å²) in [4.78, 5) is 36.7. The average Bonchev–Trinajstić information content (AvgIpc) is 3.32. The van der Waals surface area contributed by atoms with Crippen molar-refractivity contribution in [3.05, 3.63) is 53.2 Å². The fourth-order valence-corrected chi connectivity index (χ4v) is 4.70. The lowest BCUT2D eigenvalue weighted by molar-refractivity contribution is -0.285. The number of rotatable bonds is 6. The zero-order chi connectivity index (χ0) is 29.4. The Kier molecular flexibility index (Phi) is 8.06. The molecule has 9 nitrogen and oxygen atoms in total. The molecule has 1 N–H and O–H groups in total. The van der Waals surface area contributed by atoms with E-state index in [-0.39, 0.29) is 25.5 Å². The quantitative estimate of drug-likeness (QED) is 0.447. The fourth-order valence-electron chi connectivity index (χ4n) is 4.70. The first-order chi connectivity index (χ1) is 18.6. The molecule has 216 valence electrons. The largest absolute Gasteiger partial charge is 0.400 e. The van der Waals surface area contributed by atoms with Crippen molar-refractivity contribution < 1.29 is 35.9 Å². The van der Waals surface area contributed by atoms with Gasteiger partial charge in [0.25, 0.3) is 5.91 Å². The van der Waals surface area contributed by atoms with E-state index < -0.39 is 36.6 Å². The number of hydrogen-bond acceptors (Lipinski definition) is 6. The summed E-state index contributed by atoms with van der Waals surface area (Å²) in [6.45, 7) is 5.85. The minimum absolute atomic E-state index is 0.0404. The van der Waals surface area contributed by atoms with Crippen molar-refractivity contribution in [2.75, 3.05) is 25.0 Å². The molecule has 1 aliphatic heterocycles. The highest BCUT2D eigenvalue weighted by Crippen LogP contribution is 2.41. The molecular weight excluding hydrogens is 544 g/mol. The Bertz CT molecular complexity index is 1370. The van der Waals surface area contributed by atoms with Gasteiger partial charge < -0.3 is 10.2 Å². The van der Waals surface area contributed by atoms with E-state index in [0.29, 0.717) is 29.0 Å². The van der Waals surface area contributed by atoms with Crippen LogP contribution in [0.25, 0.3) is 5.65 Å². The average molecular weight is 572 g/mol. The van der Waals surface area contributed by atoms with Gasteiger partial charge in [-0.15, -0.1) is 0 Å². The van der Waals surface area contributed by atoms with Crippen LogP contribution in [0, 0.1) is 19.8 Å². The SMILES string of the molecule is Cc1ccc(C(=O)Nc2cn3ncnc3c(CN3CCN(C(=O)CC(C(F)(F)F)C(F)(F)F)[C@@H](C)C3)c2C)cn1. The minimum atomic E-state index is -5.57. The van der Waals surface area contributed by atoms with Crippen molar-refractivity contribution in [2.45, 2.75) is 52.1 Å². The molecule has 0 aromatic carbocycles. The molecule has 0 unspecified atom stereocenters. The number of hydrogen-bond donors (Lipinski definition) is 1. The van der Waals surface area contributed by atoms with Gasteiger partial charge in [-0.25, -0.2) is 9.50 Å². The van der Waals surface area contributed by atoms with Crippen LogP contribution in [0.3, 0.4) is 0 Å². The molecule has 1 fully saturated rings. The number of halogens is 6. The number of pyridine rings is 2. The highest BCUT2D eigenvalue weighted by Gasteiger charge is 2.57. The lowest BCUT2D eigenvalue weighted by Gasteiger charge is -2.40. The summed E-state index contributed by atoms with van der Waals surface area (Å²) in [7, 11) is 0. The second-order valence-electron chi connectivity index (χ2n) is 9.83. The van der Waals surface area contributed by atoms with Crippen LogP contribution in [-0.2, 0) is 11.3 Å². The van der Waals surface area contributed by atoms with Gasteiger partial charge in [0, 0.05) is 56.1 Å². The fraction of sp³-hybridized carbons (Fsp3) is 0.480. The minimum Gasteiger partial charge on any atom is -0.337 e. The number of anilines is 1. The topological polar surface area (TPSA) is 95.7 Å². The van der Waals surface area contributed by atoms with Gasteiger partial charge in [-0.05, 0) is 38.5 Å². The number of carbonyl (C=O) groups excluding carboxylic acids is 2. The highest BCUT2D eigenvalue weighted by atomic mass is 19.4. The standard InChI is InChI=1S/C25H27F6N7O2/c1-14-4-5-17(9-32-14)23(40)35-19-12-38-22(33-13-34-38)18(16(19)3)11-36-6-7-37(15(2)10-36)21(39)8-20(24(26,27)28)25(29,30)31/h4-5,9,12-13,15,20H,6-8,10-11H2,1-3H3,(H,35,40)/t15-/m0/s1. The maximum Gasteiger partial charge on any atom is 0.400 e. The normalized spacial score (nSPS) is 17.1. The Morgan fingerprint density at radius 2 is 1.77 bits per heavy atom. The van der Waals surface area contributed by atoms with Crippen molar-refractivity contribution in [1.82, 2.24) is 29.4 Å². The monoisotopic (exact) mass is 571 g/mol. The van der Waals surface area contributed by atoms with E-state index in [1.54, 1.807) is 39.1 Å². The molecule has 3 aromatic rings. The van der Waals surface area contributed by atoms with Crippen molar-refractivity contribution in [2.24, 2.45) is 5.92 Å². The number of aromatic nitrogens is 4. The smallest absolute Gasteiger partial charge is 0.337 e. The Morgan fingerprint density at radius 3 is 2.38 bits per heavy atom. The van der Waals surface area contributed by atoms with E-state index in [9.17, 15) is 35.9 Å². The molecule has 0 spiro atoms. The molecular formula is C25H27F6N7O2. The molecule has 0 saturated carbocycles. The zero-order valence-corrected chi connectivity index (χ0v) is 21.8. The van der Waals surface area contributed by atoms with Gasteiger partial charge in [0.15, 0.2) is 11.6 Å². The molecule has 2 amide bonds. The summed E-state index contributed by atoms with van der Waals surface area (Å²) >= 11 is 0. The van der Waals surface area contributed by atoms with Crippen LogP contribution in [0.5, 0.6) is 0 Å². The van der Waals surface area contributed by atoms with E-state index in [4.69, 9.17) is 0 Å². The number of alkyl halides is 6. The van der Waals surface area contributed by atoms with Crippen molar-refractivity contribution in [3.8, 4) is 0 Å². The molecule has 0 aliphatic carbocycles. The van der Waals surface area contributed by atoms with E-state index in [2.05, 4.69) is 20.4 Å². The maximum absolute atomic E-state index is 13.0. The van der Waals surface area contributed by atoms with Gasteiger partial charge in [-0.1, -0.05) is 0 Å². The maximum atomic E-state index is 13.0. The lowest BCUT2D eigenvalue weighted by atomic mass is 10.0. The summed E-state index contributed by atoms with van der Waals surface area (Å²) in [6, 6.07) is 2.73. The Hall–Kier alpha value is -3.75. The van der Waals surface area contributed by atoms with E-state index in [1.165, 1.54) is 17.0 Å². The third kappa shape index (κ3) is 6.35. The molecule has 15 heteroatoms. The van der Waals surface area contributed by atoms with E-state index in [0.717, 1.165) is 16.2 Å². The number of nitrogens with one attached hydrogen (secondary N) is 1. The third-order valence-electron chi connectivity index (χ3n) is 6.96. The Morgan fingerprint density at radius 1 is 1.07 bits per heavy atom. The summed E-state index contributed by atoms with van der Waals surface area (Å²) in [6.07, 6.45) is -8.40. The van der Waals surface area contributed by atoms with E-state index in [1.807, 2.05) is 4.90 Å². The first-order valence-corrected chi connectivity index (χ1v) is 12.4. The zero-order valence-electron chi connectivity index (χ0n) is 21.8. The van der Waals surface area contributed by atoms with Gasteiger partial charge in [0.05, 0.1) is 17.4 Å². The lowest BCUT2D eigenvalue weighted by Crippen LogP contribution is -2.54. The molecule has 0 bridgehead atoms. The first-order valence-electron chi connectivity index (χ1n) is 12.4. The van der Waals surface area contributed by atoms with Crippen molar-refractivity contribution >= 4 is 23.1 Å². The van der Waals surface area contributed by atoms with Crippen LogP contribution < -0.4 is 5.32 Å².